The number of aromatic nitrogens is 1. The highest BCUT2D eigenvalue weighted by Gasteiger charge is 2.28. The molecule has 120 valence electrons. The number of ether oxygens (including phenoxy) is 1. The van der Waals surface area contributed by atoms with Crippen LogP contribution < -0.4 is 4.74 Å². The molecule has 0 bridgehead atoms. The Morgan fingerprint density at radius 2 is 1.59 bits per heavy atom. The van der Waals surface area contributed by atoms with E-state index in [1.54, 1.807) is 0 Å². The lowest BCUT2D eigenvalue weighted by atomic mass is 10.1. The molecule has 2 rings (SSSR count). The van der Waals surface area contributed by atoms with Crippen LogP contribution in [0.2, 0.25) is 0 Å². The Kier molecular flexibility index (Phi) is 3.87. The van der Waals surface area contributed by atoms with Gasteiger partial charge in [-0.3, -0.25) is 9.11 Å². The van der Waals surface area contributed by atoms with Crippen molar-refractivity contribution in [2.45, 2.75) is 9.79 Å². The Bertz CT molecular complexity index is 874. The zero-order valence-corrected chi connectivity index (χ0v) is 12.4. The molecule has 22 heavy (non-hydrogen) atoms. The van der Waals surface area contributed by atoms with Crippen LogP contribution in [0.5, 0.6) is 11.5 Å². The summed E-state index contributed by atoms with van der Waals surface area (Å²) in [6, 6.07) is 1.61. The van der Waals surface area contributed by atoms with Gasteiger partial charge in [0.05, 0.1) is 7.11 Å². The molecule has 0 aliphatic heterocycles. The fourth-order valence-corrected chi connectivity index (χ4v) is 3.20. The van der Waals surface area contributed by atoms with Crippen molar-refractivity contribution >= 4 is 20.2 Å². The van der Waals surface area contributed by atoms with Crippen LogP contribution in [-0.2, 0) is 20.2 Å². The smallest absolute Gasteiger partial charge is 0.298 e. The number of methoxy groups -OCH3 is 1. The van der Waals surface area contributed by atoms with E-state index in [-0.39, 0.29) is 11.3 Å². The Morgan fingerprint density at radius 3 is 1.91 bits per heavy atom. The molecule has 0 fully saturated rings. The lowest BCUT2D eigenvalue weighted by Crippen LogP contribution is -2.08. The highest BCUT2D eigenvalue weighted by Crippen LogP contribution is 2.38. The topological polar surface area (TPSA) is 164 Å². The molecule has 0 unspecified atom stereocenters. The number of aromatic hydroxyl groups is 1. The predicted octanol–water partition coefficient (Wildman–Crippen LogP) is 0.549. The summed E-state index contributed by atoms with van der Waals surface area (Å²) in [7, 11) is -8.84. The van der Waals surface area contributed by atoms with Gasteiger partial charge in [0.15, 0.2) is 23.5 Å². The molecule has 0 aliphatic rings. The fraction of sp³-hybridized carbons (Fsp3) is 0.100. The number of hydrogen-bond acceptors (Lipinski definition) is 8. The van der Waals surface area contributed by atoms with Crippen LogP contribution in [0.3, 0.4) is 0 Å². The fourth-order valence-electron chi connectivity index (χ4n) is 1.73. The number of rotatable bonds is 4. The maximum absolute atomic E-state index is 11.4. The van der Waals surface area contributed by atoms with Crippen LogP contribution in [0.25, 0.3) is 11.3 Å². The molecular weight excluding hydrogens is 342 g/mol. The number of nitrogens with zero attached hydrogens (tertiary/aromatic N) is 1. The van der Waals surface area contributed by atoms with Gasteiger partial charge in [-0.05, 0) is 12.1 Å². The minimum Gasteiger partial charge on any atom is -0.503 e. The van der Waals surface area contributed by atoms with E-state index >= 15 is 0 Å². The van der Waals surface area contributed by atoms with Gasteiger partial charge < -0.3 is 14.4 Å². The summed E-state index contributed by atoms with van der Waals surface area (Å²) in [5.41, 5.74) is -0.537. The van der Waals surface area contributed by atoms with Gasteiger partial charge in [0.1, 0.15) is 9.79 Å². The predicted molar refractivity (Wildman–Crippen MR) is 69.8 cm³/mol. The normalized spacial score (nSPS) is 12.3. The minimum absolute atomic E-state index is 0.243. The van der Waals surface area contributed by atoms with E-state index in [9.17, 15) is 31.0 Å². The average molecular weight is 351 g/mol. The Morgan fingerprint density at radius 1 is 1.09 bits per heavy atom. The molecule has 2 aromatic rings. The third kappa shape index (κ3) is 2.89. The monoisotopic (exact) mass is 351 g/mol. The SMILES string of the molecule is COc1c(S(=O)(=O)O)cc(-c2nocc2O)cc1S(=O)(=O)O. The van der Waals surface area contributed by atoms with Crippen LogP contribution in [-0.4, -0.2) is 43.3 Å². The van der Waals surface area contributed by atoms with E-state index in [2.05, 4.69) is 14.4 Å². The van der Waals surface area contributed by atoms with E-state index in [1.165, 1.54) is 0 Å². The summed E-state index contributed by atoms with van der Waals surface area (Å²) in [6.07, 6.45) is 0.819. The number of benzene rings is 1. The highest BCUT2D eigenvalue weighted by molar-refractivity contribution is 7.86. The van der Waals surface area contributed by atoms with Crippen LogP contribution in [0.1, 0.15) is 0 Å². The van der Waals surface area contributed by atoms with Crippen molar-refractivity contribution in [2.24, 2.45) is 0 Å². The van der Waals surface area contributed by atoms with Crippen molar-refractivity contribution in [1.82, 2.24) is 5.16 Å². The van der Waals surface area contributed by atoms with Gasteiger partial charge in [-0.15, -0.1) is 0 Å². The third-order valence-electron chi connectivity index (χ3n) is 2.61. The van der Waals surface area contributed by atoms with Crippen molar-refractivity contribution in [1.29, 1.82) is 0 Å². The molecule has 10 nitrogen and oxygen atoms in total. The van der Waals surface area contributed by atoms with E-state index in [0.717, 1.165) is 25.5 Å². The maximum atomic E-state index is 11.4. The van der Waals surface area contributed by atoms with Gasteiger partial charge in [0.2, 0.25) is 0 Å². The van der Waals surface area contributed by atoms with Gasteiger partial charge in [-0.2, -0.15) is 16.8 Å². The van der Waals surface area contributed by atoms with Gasteiger partial charge in [-0.1, -0.05) is 5.16 Å². The van der Waals surface area contributed by atoms with Crippen LogP contribution >= 0.6 is 0 Å². The van der Waals surface area contributed by atoms with E-state index in [0.29, 0.717) is 0 Å². The van der Waals surface area contributed by atoms with Crippen molar-refractivity contribution in [3.8, 4) is 22.8 Å². The van der Waals surface area contributed by atoms with Gasteiger partial charge in [-0.25, -0.2) is 0 Å². The molecule has 1 aromatic heterocycles. The lowest BCUT2D eigenvalue weighted by molar-refractivity contribution is 0.381. The molecule has 0 aliphatic carbocycles. The standard InChI is InChI=1S/C10H9NO9S2/c1-19-10-7(21(13,14)15)2-5(3-8(10)22(16,17)18)9-6(12)4-20-11-9/h2-4,12H,1H3,(H,13,14,15)(H,16,17,18). The molecule has 0 radical (unpaired) electrons. The molecule has 1 aromatic carbocycles. The van der Waals surface area contributed by atoms with Crippen LogP contribution in [0, 0.1) is 0 Å². The first-order chi connectivity index (χ1) is 10.1. The summed E-state index contributed by atoms with van der Waals surface area (Å²) in [6.45, 7) is 0. The molecule has 12 heteroatoms. The Balaban J connectivity index is 2.94. The molecular formula is C10H9NO9S2. The molecule has 1 heterocycles. The highest BCUT2D eigenvalue weighted by atomic mass is 32.2. The first kappa shape index (κ1) is 16.2. The molecule has 3 N–H and O–H groups in total. The van der Waals surface area contributed by atoms with Crippen LogP contribution in [0.4, 0.5) is 0 Å². The molecule has 0 spiro atoms. The first-order valence-electron chi connectivity index (χ1n) is 5.36. The summed E-state index contributed by atoms with van der Waals surface area (Å²) in [4.78, 5) is -1.86. The number of hydrogen-bond donors (Lipinski definition) is 3. The van der Waals surface area contributed by atoms with E-state index < -0.39 is 41.5 Å². The van der Waals surface area contributed by atoms with Crippen molar-refractivity contribution < 1.29 is 40.3 Å². The van der Waals surface area contributed by atoms with Gasteiger partial charge in [0.25, 0.3) is 20.2 Å². The minimum atomic E-state index is -4.90. The lowest BCUT2D eigenvalue weighted by Gasteiger charge is -2.12. The van der Waals surface area contributed by atoms with Crippen molar-refractivity contribution in [3.05, 3.63) is 18.4 Å². The third-order valence-corrected chi connectivity index (χ3v) is 4.32. The zero-order chi connectivity index (χ0) is 16.7. The van der Waals surface area contributed by atoms with Crippen molar-refractivity contribution in [2.75, 3.05) is 7.11 Å². The second-order valence-corrected chi connectivity index (χ2v) is 6.78. The van der Waals surface area contributed by atoms with Crippen molar-refractivity contribution in [3.63, 3.8) is 0 Å². The van der Waals surface area contributed by atoms with E-state index in [4.69, 9.17) is 0 Å². The first-order valence-corrected chi connectivity index (χ1v) is 8.24. The second kappa shape index (κ2) is 5.24. The maximum Gasteiger partial charge on any atom is 0.298 e. The van der Waals surface area contributed by atoms with Gasteiger partial charge in [0, 0.05) is 5.56 Å². The Labute approximate surface area is 124 Å². The summed E-state index contributed by atoms with van der Waals surface area (Å²) in [5.74, 6) is -1.29. The largest absolute Gasteiger partial charge is 0.503 e. The van der Waals surface area contributed by atoms with E-state index in [1.807, 2.05) is 0 Å². The zero-order valence-electron chi connectivity index (χ0n) is 10.8. The molecule has 0 saturated carbocycles. The van der Waals surface area contributed by atoms with Crippen LogP contribution in [0.15, 0.2) is 32.7 Å². The Hall–Kier alpha value is -2.15. The quantitative estimate of drug-likeness (QED) is 0.662. The second-order valence-electron chi connectivity index (χ2n) is 4.00. The molecule has 0 saturated heterocycles. The molecule has 0 amide bonds. The average Bonchev–Trinajstić information content (AvgIpc) is 2.81. The summed E-state index contributed by atoms with van der Waals surface area (Å²) in [5, 5.41) is 12.9. The van der Waals surface area contributed by atoms with Gasteiger partial charge >= 0.3 is 0 Å². The molecule has 0 atom stereocenters. The summed E-state index contributed by atoms with van der Waals surface area (Å²) < 4.78 is 73.0. The summed E-state index contributed by atoms with van der Waals surface area (Å²) >= 11 is 0.